The first kappa shape index (κ1) is 16.1. The van der Waals surface area contributed by atoms with Crippen LogP contribution in [0.2, 0.25) is 0 Å². The molecule has 2 aromatic carbocycles. The molecule has 1 N–H and O–H groups in total. The van der Waals surface area contributed by atoms with Crippen LogP contribution in [0.25, 0.3) is 0 Å². The van der Waals surface area contributed by atoms with Crippen molar-refractivity contribution < 1.29 is 14.3 Å². The van der Waals surface area contributed by atoms with Crippen molar-refractivity contribution in [1.82, 2.24) is 0 Å². The fraction of sp³-hybridized carbons (Fsp3) is 0.263. The van der Waals surface area contributed by atoms with Crippen LogP contribution in [0.15, 0.2) is 48.5 Å². The highest BCUT2D eigenvalue weighted by Crippen LogP contribution is 2.27. The fourth-order valence-corrected chi connectivity index (χ4v) is 2.85. The van der Waals surface area contributed by atoms with Gasteiger partial charge in [-0.1, -0.05) is 12.1 Å². The number of hydrogen-bond donors (Lipinski definition) is 1. The summed E-state index contributed by atoms with van der Waals surface area (Å²) in [7, 11) is 1.59. The van der Waals surface area contributed by atoms with Crippen LogP contribution >= 0.6 is 0 Å². The maximum Gasteiger partial charge on any atom is 0.229 e. The first-order valence-corrected chi connectivity index (χ1v) is 7.89. The van der Waals surface area contributed by atoms with E-state index in [4.69, 9.17) is 4.74 Å². The summed E-state index contributed by atoms with van der Waals surface area (Å²) < 4.78 is 5.10. The maximum atomic E-state index is 12.4. The van der Waals surface area contributed by atoms with E-state index in [9.17, 15) is 9.59 Å². The number of amides is 2. The van der Waals surface area contributed by atoms with Crippen molar-refractivity contribution in [3.63, 3.8) is 0 Å². The lowest BCUT2D eigenvalue weighted by atomic mass is 10.1. The number of methoxy groups -OCH3 is 1. The summed E-state index contributed by atoms with van der Waals surface area (Å²) in [6.07, 6.45) is 0.232. The minimum Gasteiger partial charge on any atom is -0.497 e. The number of ether oxygens (including phenoxy) is 1. The third-order valence-electron chi connectivity index (χ3n) is 4.17. The molecule has 2 aromatic rings. The minimum atomic E-state index is -0.347. The van der Waals surface area contributed by atoms with E-state index in [1.54, 1.807) is 36.3 Å². The number of nitrogens with one attached hydrogen (secondary N) is 1. The molecule has 0 unspecified atom stereocenters. The summed E-state index contributed by atoms with van der Waals surface area (Å²) in [5, 5.41) is 2.87. The van der Waals surface area contributed by atoms with E-state index in [1.807, 2.05) is 31.2 Å². The highest BCUT2D eigenvalue weighted by molar-refractivity contribution is 6.03. The number of hydrogen-bond acceptors (Lipinski definition) is 3. The van der Waals surface area contributed by atoms with Gasteiger partial charge in [-0.05, 0) is 48.9 Å². The zero-order valence-electron chi connectivity index (χ0n) is 13.8. The second-order valence-electron chi connectivity index (χ2n) is 5.96. The van der Waals surface area contributed by atoms with Crippen molar-refractivity contribution in [2.45, 2.75) is 13.3 Å². The molecule has 124 valence electrons. The topological polar surface area (TPSA) is 58.6 Å². The molecule has 0 bridgehead atoms. The van der Waals surface area contributed by atoms with Gasteiger partial charge in [0.1, 0.15) is 5.75 Å². The number of benzene rings is 2. The molecule has 1 atom stereocenters. The predicted octanol–water partition coefficient (Wildman–Crippen LogP) is 3.00. The summed E-state index contributed by atoms with van der Waals surface area (Å²) in [6.45, 7) is 2.39. The van der Waals surface area contributed by atoms with E-state index in [2.05, 4.69) is 5.32 Å². The molecule has 24 heavy (non-hydrogen) atoms. The molecule has 2 amide bonds. The summed E-state index contributed by atoms with van der Waals surface area (Å²) in [4.78, 5) is 26.4. The van der Waals surface area contributed by atoms with Gasteiger partial charge in [-0.2, -0.15) is 0 Å². The number of carbonyl (C=O) groups is 2. The Morgan fingerprint density at radius 3 is 2.62 bits per heavy atom. The Bertz CT molecular complexity index is 755. The van der Waals surface area contributed by atoms with E-state index in [-0.39, 0.29) is 24.2 Å². The van der Waals surface area contributed by atoms with Crippen LogP contribution < -0.4 is 15.0 Å². The van der Waals surface area contributed by atoms with Crippen molar-refractivity contribution >= 4 is 23.2 Å². The third kappa shape index (κ3) is 3.40. The Kier molecular flexibility index (Phi) is 4.51. The molecular formula is C19H20N2O3. The lowest BCUT2D eigenvalue weighted by Gasteiger charge is -2.17. The van der Waals surface area contributed by atoms with Gasteiger partial charge in [-0.15, -0.1) is 0 Å². The molecule has 1 fully saturated rings. The molecule has 0 saturated carbocycles. The second kappa shape index (κ2) is 6.74. The van der Waals surface area contributed by atoms with E-state index >= 15 is 0 Å². The Labute approximate surface area is 141 Å². The van der Waals surface area contributed by atoms with Crippen LogP contribution in [-0.2, 0) is 9.59 Å². The quantitative estimate of drug-likeness (QED) is 0.940. The van der Waals surface area contributed by atoms with Crippen molar-refractivity contribution in [3.05, 3.63) is 54.1 Å². The highest BCUT2D eigenvalue weighted by atomic mass is 16.5. The molecule has 0 radical (unpaired) electrons. The van der Waals surface area contributed by atoms with Gasteiger partial charge in [0, 0.05) is 24.3 Å². The van der Waals surface area contributed by atoms with Gasteiger partial charge in [-0.25, -0.2) is 0 Å². The molecule has 0 aliphatic carbocycles. The molecule has 5 nitrogen and oxygen atoms in total. The van der Waals surface area contributed by atoms with Gasteiger partial charge in [0.2, 0.25) is 11.8 Å². The summed E-state index contributed by atoms with van der Waals surface area (Å²) in [5.41, 5.74) is 2.63. The van der Waals surface area contributed by atoms with Gasteiger partial charge in [0.05, 0.1) is 13.0 Å². The molecule has 0 spiro atoms. The number of aryl methyl sites for hydroxylation is 1. The Balaban J connectivity index is 1.67. The van der Waals surface area contributed by atoms with Crippen LogP contribution in [0.3, 0.4) is 0 Å². The smallest absolute Gasteiger partial charge is 0.229 e. The number of rotatable bonds is 4. The van der Waals surface area contributed by atoms with Gasteiger partial charge < -0.3 is 15.0 Å². The minimum absolute atomic E-state index is 0.0181. The lowest BCUT2D eigenvalue weighted by Crippen LogP contribution is -2.28. The Hall–Kier alpha value is -2.82. The van der Waals surface area contributed by atoms with Crippen molar-refractivity contribution in [1.29, 1.82) is 0 Å². The van der Waals surface area contributed by atoms with Gasteiger partial charge >= 0.3 is 0 Å². The van der Waals surface area contributed by atoms with Gasteiger partial charge in [0.15, 0.2) is 0 Å². The average Bonchev–Trinajstić information content (AvgIpc) is 2.97. The van der Waals surface area contributed by atoms with Crippen LogP contribution in [0, 0.1) is 12.8 Å². The Morgan fingerprint density at radius 2 is 1.96 bits per heavy atom. The predicted molar refractivity (Wildman–Crippen MR) is 93.3 cm³/mol. The highest BCUT2D eigenvalue weighted by Gasteiger charge is 2.35. The zero-order valence-corrected chi connectivity index (χ0v) is 13.8. The monoisotopic (exact) mass is 324 g/mol. The molecule has 1 heterocycles. The van der Waals surface area contributed by atoms with Gasteiger partial charge in [0.25, 0.3) is 0 Å². The largest absolute Gasteiger partial charge is 0.497 e. The van der Waals surface area contributed by atoms with Crippen LogP contribution in [-0.4, -0.2) is 25.5 Å². The van der Waals surface area contributed by atoms with E-state index < -0.39 is 0 Å². The van der Waals surface area contributed by atoms with Crippen molar-refractivity contribution in [2.24, 2.45) is 5.92 Å². The van der Waals surface area contributed by atoms with Crippen molar-refractivity contribution in [3.8, 4) is 5.75 Å². The number of carbonyl (C=O) groups excluding carboxylic acids is 2. The SMILES string of the molecule is COc1ccc(NC(=O)[C@H]2CC(=O)N(c3cccc(C)c3)C2)cc1. The lowest BCUT2D eigenvalue weighted by molar-refractivity contribution is -0.122. The third-order valence-corrected chi connectivity index (χ3v) is 4.17. The van der Waals surface area contributed by atoms with Crippen LogP contribution in [0.5, 0.6) is 5.75 Å². The molecule has 0 aromatic heterocycles. The fourth-order valence-electron chi connectivity index (χ4n) is 2.85. The summed E-state index contributed by atoms with van der Waals surface area (Å²) in [6, 6.07) is 14.9. The zero-order chi connectivity index (χ0) is 17.1. The van der Waals surface area contributed by atoms with Gasteiger partial charge in [-0.3, -0.25) is 9.59 Å². The standard InChI is InChI=1S/C19H20N2O3/c1-13-4-3-5-16(10-13)21-12-14(11-18(21)22)19(23)20-15-6-8-17(24-2)9-7-15/h3-10,14H,11-12H2,1-2H3,(H,20,23)/t14-/m0/s1. The summed E-state index contributed by atoms with van der Waals surface area (Å²) >= 11 is 0. The number of anilines is 2. The second-order valence-corrected chi connectivity index (χ2v) is 5.96. The number of nitrogens with zero attached hydrogens (tertiary/aromatic N) is 1. The van der Waals surface area contributed by atoms with Crippen molar-refractivity contribution in [2.75, 3.05) is 23.9 Å². The molecule has 1 aliphatic rings. The van der Waals surface area contributed by atoms with Crippen LogP contribution in [0.1, 0.15) is 12.0 Å². The normalized spacial score (nSPS) is 17.0. The average molecular weight is 324 g/mol. The molecular weight excluding hydrogens is 304 g/mol. The maximum absolute atomic E-state index is 12.4. The molecule has 1 saturated heterocycles. The molecule has 1 aliphatic heterocycles. The van der Waals surface area contributed by atoms with E-state index in [0.717, 1.165) is 17.0 Å². The first-order chi connectivity index (χ1) is 11.6. The molecule has 3 rings (SSSR count). The first-order valence-electron chi connectivity index (χ1n) is 7.89. The van der Waals surface area contributed by atoms with E-state index in [0.29, 0.717) is 12.2 Å². The Morgan fingerprint density at radius 1 is 1.21 bits per heavy atom. The van der Waals surface area contributed by atoms with E-state index in [1.165, 1.54) is 0 Å². The van der Waals surface area contributed by atoms with Crippen LogP contribution in [0.4, 0.5) is 11.4 Å². The summed E-state index contributed by atoms with van der Waals surface area (Å²) in [5.74, 6) is 0.230. The molecule has 5 heteroatoms.